The summed E-state index contributed by atoms with van der Waals surface area (Å²) in [6.07, 6.45) is -3.37. The summed E-state index contributed by atoms with van der Waals surface area (Å²) in [5, 5.41) is 9.53. The SMILES string of the molecule is Nc1ccc(Cl)c(/C=C/c2ccco2)c1C(O)C(F)(F)F. The first-order valence-corrected chi connectivity index (χ1v) is 6.22. The summed E-state index contributed by atoms with van der Waals surface area (Å²) in [5.74, 6) is 0.431. The van der Waals surface area contributed by atoms with Crippen LogP contribution < -0.4 is 5.73 Å². The number of furan rings is 1. The fraction of sp³-hybridized carbons (Fsp3) is 0.143. The molecule has 1 atom stereocenters. The highest BCUT2D eigenvalue weighted by Crippen LogP contribution is 2.40. The number of hydrogen-bond acceptors (Lipinski definition) is 3. The molecule has 1 aromatic carbocycles. The van der Waals surface area contributed by atoms with Crippen molar-refractivity contribution in [2.45, 2.75) is 12.3 Å². The zero-order chi connectivity index (χ0) is 15.6. The summed E-state index contributed by atoms with van der Waals surface area (Å²) < 4.78 is 43.3. The van der Waals surface area contributed by atoms with Gasteiger partial charge in [0.25, 0.3) is 0 Å². The van der Waals surface area contributed by atoms with E-state index < -0.39 is 17.8 Å². The Balaban J connectivity index is 2.51. The van der Waals surface area contributed by atoms with Gasteiger partial charge >= 0.3 is 6.18 Å². The Kier molecular flexibility index (Phi) is 4.29. The number of halogens is 4. The standard InChI is InChI=1S/C14H11ClF3NO2/c15-10-5-6-11(19)12(13(20)14(16,17)18)9(10)4-3-8-2-1-7-21-8/h1-7,13,20H,19H2/b4-3+. The molecule has 2 rings (SSSR count). The van der Waals surface area contributed by atoms with Gasteiger partial charge in [-0.1, -0.05) is 11.6 Å². The molecule has 0 spiro atoms. The van der Waals surface area contributed by atoms with Crippen LogP contribution >= 0.6 is 11.6 Å². The van der Waals surface area contributed by atoms with Crippen molar-refractivity contribution in [3.8, 4) is 0 Å². The molecule has 0 bridgehead atoms. The lowest BCUT2D eigenvalue weighted by Crippen LogP contribution is -2.22. The van der Waals surface area contributed by atoms with E-state index in [0.717, 1.165) is 0 Å². The van der Waals surface area contributed by atoms with E-state index in [1.54, 1.807) is 12.1 Å². The number of anilines is 1. The second-order valence-electron chi connectivity index (χ2n) is 4.26. The molecule has 0 saturated carbocycles. The Bertz CT molecular complexity index is 651. The first-order chi connectivity index (χ1) is 9.80. The number of aliphatic hydroxyl groups is 1. The van der Waals surface area contributed by atoms with Gasteiger partial charge in [0, 0.05) is 21.8 Å². The lowest BCUT2D eigenvalue weighted by molar-refractivity contribution is -0.206. The third-order valence-corrected chi connectivity index (χ3v) is 3.14. The molecule has 0 aliphatic heterocycles. The van der Waals surface area contributed by atoms with Gasteiger partial charge in [-0.2, -0.15) is 13.2 Å². The van der Waals surface area contributed by atoms with Crippen LogP contribution in [-0.2, 0) is 0 Å². The normalized spacial score (nSPS) is 13.8. The van der Waals surface area contributed by atoms with E-state index in [1.807, 2.05) is 0 Å². The zero-order valence-corrected chi connectivity index (χ0v) is 11.3. The van der Waals surface area contributed by atoms with Crippen LogP contribution in [-0.4, -0.2) is 11.3 Å². The highest BCUT2D eigenvalue weighted by Gasteiger charge is 2.41. The minimum Gasteiger partial charge on any atom is -0.465 e. The molecule has 0 fully saturated rings. The van der Waals surface area contributed by atoms with Gasteiger partial charge in [-0.25, -0.2) is 0 Å². The molecule has 7 heteroatoms. The predicted octanol–water partition coefficient (Wildman–Crippen LogP) is 4.28. The van der Waals surface area contributed by atoms with Gasteiger partial charge in [0.05, 0.1) is 6.26 Å². The first-order valence-electron chi connectivity index (χ1n) is 5.85. The maximum absolute atomic E-state index is 12.7. The Morgan fingerprint density at radius 2 is 1.95 bits per heavy atom. The molecule has 0 aliphatic carbocycles. The Morgan fingerprint density at radius 1 is 1.24 bits per heavy atom. The summed E-state index contributed by atoms with van der Waals surface area (Å²) in [6.45, 7) is 0. The van der Waals surface area contributed by atoms with E-state index in [4.69, 9.17) is 21.8 Å². The van der Waals surface area contributed by atoms with Crippen LogP contribution in [0.1, 0.15) is 23.0 Å². The van der Waals surface area contributed by atoms with Crippen molar-refractivity contribution >= 4 is 29.4 Å². The van der Waals surface area contributed by atoms with Gasteiger partial charge in [0.1, 0.15) is 5.76 Å². The van der Waals surface area contributed by atoms with Crippen LogP contribution in [0.15, 0.2) is 34.9 Å². The smallest absolute Gasteiger partial charge is 0.418 e. The minimum atomic E-state index is -4.84. The Hall–Kier alpha value is -1.92. The van der Waals surface area contributed by atoms with Gasteiger partial charge in [-0.15, -0.1) is 0 Å². The maximum atomic E-state index is 12.7. The average Bonchev–Trinajstić information content (AvgIpc) is 2.91. The maximum Gasteiger partial charge on any atom is 0.418 e. The van der Waals surface area contributed by atoms with Crippen LogP contribution in [0.25, 0.3) is 12.2 Å². The number of rotatable bonds is 3. The molecule has 2 aromatic rings. The summed E-state index contributed by atoms with van der Waals surface area (Å²) in [4.78, 5) is 0. The van der Waals surface area contributed by atoms with E-state index >= 15 is 0 Å². The molecule has 0 radical (unpaired) electrons. The average molecular weight is 318 g/mol. The van der Waals surface area contributed by atoms with Crippen LogP contribution in [0.3, 0.4) is 0 Å². The van der Waals surface area contributed by atoms with E-state index in [1.165, 1.54) is 30.5 Å². The van der Waals surface area contributed by atoms with Crippen molar-refractivity contribution in [2.24, 2.45) is 0 Å². The molecule has 3 nitrogen and oxygen atoms in total. The van der Waals surface area contributed by atoms with Crippen LogP contribution in [0.5, 0.6) is 0 Å². The van der Waals surface area contributed by atoms with Gasteiger partial charge in [-0.3, -0.25) is 0 Å². The number of alkyl halides is 3. The van der Waals surface area contributed by atoms with Gasteiger partial charge in [0.15, 0.2) is 6.10 Å². The number of aliphatic hydroxyl groups excluding tert-OH is 1. The molecule has 3 N–H and O–H groups in total. The molecule has 0 aliphatic rings. The van der Waals surface area contributed by atoms with Crippen molar-refractivity contribution in [3.63, 3.8) is 0 Å². The molecule has 1 aromatic heterocycles. The second-order valence-corrected chi connectivity index (χ2v) is 4.66. The number of hydrogen-bond donors (Lipinski definition) is 2. The highest BCUT2D eigenvalue weighted by molar-refractivity contribution is 6.32. The monoisotopic (exact) mass is 317 g/mol. The predicted molar refractivity (Wildman–Crippen MR) is 74.5 cm³/mol. The minimum absolute atomic E-state index is 0.00195. The van der Waals surface area contributed by atoms with Crippen LogP contribution in [0.4, 0.5) is 18.9 Å². The highest BCUT2D eigenvalue weighted by atomic mass is 35.5. The topological polar surface area (TPSA) is 59.4 Å². The molecular weight excluding hydrogens is 307 g/mol. The Labute approximate surface area is 123 Å². The fourth-order valence-electron chi connectivity index (χ4n) is 1.82. The summed E-state index contributed by atoms with van der Waals surface area (Å²) in [5.41, 5.74) is 4.89. The quantitative estimate of drug-likeness (QED) is 0.831. The first kappa shape index (κ1) is 15.5. The van der Waals surface area contributed by atoms with Crippen molar-refractivity contribution in [1.82, 2.24) is 0 Å². The van der Waals surface area contributed by atoms with Gasteiger partial charge in [-0.05, 0) is 36.4 Å². The number of nitrogen functional groups attached to an aromatic ring is 1. The lowest BCUT2D eigenvalue weighted by atomic mass is 9.99. The molecule has 1 unspecified atom stereocenters. The molecule has 0 saturated heterocycles. The third kappa shape index (κ3) is 3.40. The lowest BCUT2D eigenvalue weighted by Gasteiger charge is -2.19. The number of nitrogens with two attached hydrogens (primary N) is 1. The molecule has 0 amide bonds. The third-order valence-electron chi connectivity index (χ3n) is 2.81. The summed E-state index contributed by atoms with van der Waals surface area (Å²) >= 11 is 5.92. The van der Waals surface area contributed by atoms with Crippen molar-refractivity contribution in [3.05, 3.63) is 52.4 Å². The largest absolute Gasteiger partial charge is 0.465 e. The van der Waals surface area contributed by atoms with Crippen LogP contribution in [0.2, 0.25) is 5.02 Å². The van der Waals surface area contributed by atoms with Crippen molar-refractivity contribution < 1.29 is 22.7 Å². The van der Waals surface area contributed by atoms with Gasteiger partial charge < -0.3 is 15.3 Å². The van der Waals surface area contributed by atoms with Gasteiger partial charge in [0.2, 0.25) is 0 Å². The Morgan fingerprint density at radius 3 is 2.52 bits per heavy atom. The van der Waals surface area contributed by atoms with Crippen molar-refractivity contribution in [2.75, 3.05) is 5.73 Å². The van der Waals surface area contributed by atoms with E-state index in [-0.39, 0.29) is 16.3 Å². The van der Waals surface area contributed by atoms with Crippen LogP contribution in [0, 0.1) is 0 Å². The van der Waals surface area contributed by atoms with E-state index in [0.29, 0.717) is 5.76 Å². The van der Waals surface area contributed by atoms with E-state index in [2.05, 4.69) is 0 Å². The summed E-state index contributed by atoms with van der Waals surface area (Å²) in [7, 11) is 0. The molecule has 1 heterocycles. The fourth-order valence-corrected chi connectivity index (χ4v) is 2.04. The molecule has 112 valence electrons. The van der Waals surface area contributed by atoms with Crippen molar-refractivity contribution in [1.29, 1.82) is 0 Å². The molecular formula is C14H11ClF3NO2. The van der Waals surface area contributed by atoms with E-state index in [9.17, 15) is 18.3 Å². The zero-order valence-electron chi connectivity index (χ0n) is 10.6. The number of benzene rings is 1. The summed E-state index contributed by atoms with van der Waals surface area (Å²) in [6, 6.07) is 5.84. The molecule has 21 heavy (non-hydrogen) atoms. The second kappa shape index (κ2) is 5.83.